The lowest BCUT2D eigenvalue weighted by molar-refractivity contribution is -0.119. The van der Waals surface area contributed by atoms with Crippen LogP contribution in [0.2, 0.25) is 0 Å². The van der Waals surface area contributed by atoms with Gasteiger partial charge in [0.25, 0.3) is 0 Å². The molecule has 1 amide bonds. The molecule has 0 aliphatic carbocycles. The number of hydrogen-bond acceptors (Lipinski definition) is 4. The lowest BCUT2D eigenvalue weighted by atomic mass is 9.99. The third kappa shape index (κ3) is 4.22. The maximum Gasteiger partial charge on any atom is 0.228 e. The molecule has 1 saturated heterocycles. The van der Waals surface area contributed by atoms with Crippen molar-refractivity contribution in [3.8, 4) is 0 Å². The molecular weight excluding hydrogens is 341 g/mol. The molecule has 1 fully saturated rings. The van der Waals surface area contributed by atoms with E-state index in [1.54, 1.807) is 0 Å². The highest BCUT2D eigenvalue weighted by Gasteiger charge is 2.26. The van der Waals surface area contributed by atoms with E-state index in [4.69, 9.17) is 5.73 Å². The molecule has 0 radical (unpaired) electrons. The third-order valence-corrected chi connectivity index (χ3v) is 5.14. The number of amides is 1. The molecule has 2 aliphatic rings. The van der Waals surface area contributed by atoms with Crippen LogP contribution in [0.1, 0.15) is 18.4 Å². The van der Waals surface area contributed by atoms with E-state index in [1.807, 2.05) is 34.9 Å². The predicted octanol–water partition coefficient (Wildman–Crippen LogP) is 2.49. The summed E-state index contributed by atoms with van der Waals surface area (Å²) < 4.78 is 0. The van der Waals surface area contributed by atoms with Gasteiger partial charge in [0.15, 0.2) is 0 Å². The standard InChI is InChI=1S/C15H21N3OS.2ClH/c16-13-4-1-5-14-12(13)3-2-7-18(14)15(19)9-11-10-20-8-6-17-11;;/h1,4-5,11,17H,2-3,6-10,16H2;2*1H. The second-order valence-electron chi connectivity index (χ2n) is 5.42. The van der Waals surface area contributed by atoms with Gasteiger partial charge in [-0.3, -0.25) is 4.79 Å². The quantitative estimate of drug-likeness (QED) is 0.792. The van der Waals surface area contributed by atoms with Crippen LogP contribution in [0.25, 0.3) is 0 Å². The Hall–Kier alpha value is -0.620. The molecule has 0 spiro atoms. The molecule has 1 atom stereocenters. The highest BCUT2D eigenvalue weighted by molar-refractivity contribution is 7.99. The van der Waals surface area contributed by atoms with Crippen molar-refractivity contribution in [3.63, 3.8) is 0 Å². The molecule has 2 heterocycles. The number of thioether (sulfide) groups is 1. The van der Waals surface area contributed by atoms with Crippen LogP contribution in [0.15, 0.2) is 18.2 Å². The van der Waals surface area contributed by atoms with Gasteiger partial charge in [-0.1, -0.05) is 6.07 Å². The van der Waals surface area contributed by atoms with Gasteiger partial charge < -0.3 is 16.0 Å². The Bertz CT molecular complexity index is 510. The van der Waals surface area contributed by atoms with Crippen molar-refractivity contribution in [2.45, 2.75) is 25.3 Å². The number of carbonyl (C=O) groups is 1. The van der Waals surface area contributed by atoms with Gasteiger partial charge in [-0.05, 0) is 30.5 Å². The highest BCUT2D eigenvalue weighted by Crippen LogP contribution is 2.31. The molecular formula is C15H23Cl2N3OS. The molecule has 3 rings (SSSR count). The van der Waals surface area contributed by atoms with E-state index in [0.29, 0.717) is 12.5 Å². The number of nitrogens with two attached hydrogens (primary N) is 1. The summed E-state index contributed by atoms with van der Waals surface area (Å²) in [5, 5.41) is 3.43. The number of nitrogens with one attached hydrogen (secondary N) is 1. The maximum absolute atomic E-state index is 12.6. The minimum Gasteiger partial charge on any atom is -0.398 e. The first-order valence-corrected chi connectivity index (χ1v) is 8.40. The second kappa shape index (κ2) is 8.87. The first kappa shape index (κ1) is 19.4. The molecule has 0 aromatic heterocycles. The van der Waals surface area contributed by atoms with E-state index in [0.717, 1.165) is 54.4 Å². The Morgan fingerprint density at radius 2 is 2.23 bits per heavy atom. The van der Waals surface area contributed by atoms with E-state index in [1.165, 1.54) is 0 Å². The zero-order chi connectivity index (χ0) is 13.9. The average Bonchev–Trinajstić information content (AvgIpc) is 2.48. The number of carbonyl (C=O) groups excluding carboxylic acids is 1. The Balaban J connectivity index is 0.00000121. The van der Waals surface area contributed by atoms with Crippen LogP contribution in [0, 0.1) is 0 Å². The summed E-state index contributed by atoms with van der Waals surface area (Å²) >= 11 is 1.93. The summed E-state index contributed by atoms with van der Waals surface area (Å²) in [7, 11) is 0. The van der Waals surface area contributed by atoms with Crippen molar-refractivity contribution in [1.29, 1.82) is 0 Å². The van der Waals surface area contributed by atoms with Crippen molar-refractivity contribution in [2.75, 3.05) is 35.2 Å². The van der Waals surface area contributed by atoms with Crippen molar-refractivity contribution >= 4 is 53.9 Å². The lowest BCUT2D eigenvalue weighted by Crippen LogP contribution is -2.44. The number of nitrogens with zero attached hydrogens (tertiary/aromatic N) is 1. The van der Waals surface area contributed by atoms with Gasteiger partial charge in [0.1, 0.15) is 0 Å². The number of hydrogen-bond donors (Lipinski definition) is 2. The Kier molecular flexibility index (Phi) is 7.83. The summed E-state index contributed by atoms with van der Waals surface area (Å²) in [6, 6.07) is 6.19. The molecule has 1 aromatic rings. The number of benzene rings is 1. The zero-order valence-electron chi connectivity index (χ0n) is 12.4. The molecule has 4 nitrogen and oxygen atoms in total. The van der Waals surface area contributed by atoms with Gasteiger partial charge in [0.2, 0.25) is 5.91 Å². The summed E-state index contributed by atoms with van der Waals surface area (Å²) in [4.78, 5) is 14.5. The van der Waals surface area contributed by atoms with Gasteiger partial charge in [-0.25, -0.2) is 0 Å². The summed E-state index contributed by atoms with van der Waals surface area (Å²) in [5.41, 5.74) is 9.00. The monoisotopic (exact) mass is 363 g/mol. The van der Waals surface area contributed by atoms with Crippen LogP contribution in [-0.4, -0.2) is 36.5 Å². The van der Waals surface area contributed by atoms with Crippen molar-refractivity contribution in [3.05, 3.63) is 23.8 Å². The summed E-state index contributed by atoms with van der Waals surface area (Å²) in [5.74, 6) is 2.40. The minimum atomic E-state index is 0. The molecule has 2 aliphatic heterocycles. The van der Waals surface area contributed by atoms with Crippen molar-refractivity contribution in [1.82, 2.24) is 5.32 Å². The smallest absolute Gasteiger partial charge is 0.228 e. The highest BCUT2D eigenvalue weighted by atomic mass is 35.5. The second-order valence-corrected chi connectivity index (χ2v) is 6.57. The van der Waals surface area contributed by atoms with Crippen LogP contribution in [0.4, 0.5) is 11.4 Å². The number of anilines is 2. The van der Waals surface area contributed by atoms with Crippen molar-refractivity contribution in [2.24, 2.45) is 0 Å². The molecule has 22 heavy (non-hydrogen) atoms. The van der Waals surface area contributed by atoms with Crippen LogP contribution in [0.5, 0.6) is 0 Å². The molecule has 1 aromatic carbocycles. The minimum absolute atomic E-state index is 0. The fourth-order valence-electron chi connectivity index (χ4n) is 2.98. The molecule has 124 valence electrons. The normalized spacial score (nSPS) is 20.4. The van der Waals surface area contributed by atoms with E-state index in [-0.39, 0.29) is 30.7 Å². The Labute approximate surface area is 148 Å². The molecule has 1 unspecified atom stereocenters. The molecule has 7 heteroatoms. The first-order valence-electron chi connectivity index (χ1n) is 7.24. The zero-order valence-corrected chi connectivity index (χ0v) is 14.9. The first-order chi connectivity index (χ1) is 9.75. The fourth-order valence-corrected chi connectivity index (χ4v) is 3.93. The van der Waals surface area contributed by atoms with E-state index in [2.05, 4.69) is 5.32 Å². The van der Waals surface area contributed by atoms with Gasteiger partial charge >= 0.3 is 0 Å². The van der Waals surface area contributed by atoms with Crippen LogP contribution in [0.3, 0.4) is 0 Å². The molecule has 3 N–H and O–H groups in total. The lowest BCUT2D eigenvalue weighted by Gasteiger charge is -2.32. The van der Waals surface area contributed by atoms with Crippen LogP contribution < -0.4 is 16.0 Å². The molecule has 0 saturated carbocycles. The molecule has 0 bridgehead atoms. The average molecular weight is 364 g/mol. The van der Waals surface area contributed by atoms with Gasteiger partial charge in [0, 0.05) is 48.4 Å². The maximum atomic E-state index is 12.6. The topological polar surface area (TPSA) is 58.4 Å². The largest absolute Gasteiger partial charge is 0.398 e. The van der Waals surface area contributed by atoms with Crippen LogP contribution in [-0.2, 0) is 11.2 Å². The summed E-state index contributed by atoms with van der Waals surface area (Å²) in [6.07, 6.45) is 2.56. The van der Waals surface area contributed by atoms with Gasteiger partial charge in [-0.15, -0.1) is 24.8 Å². The number of nitrogen functional groups attached to an aromatic ring is 1. The van der Waals surface area contributed by atoms with Gasteiger partial charge in [0.05, 0.1) is 0 Å². The number of halogens is 2. The Morgan fingerprint density at radius 1 is 1.41 bits per heavy atom. The van der Waals surface area contributed by atoms with E-state index < -0.39 is 0 Å². The third-order valence-electron chi connectivity index (χ3n) is 4.01. The SMILES string of the molecule is Cl.Cl.Nc1cccc2c1CCCN2C(=O)CC1CSCCN1. The van der Waals surface area contributed by atoms with Crippen LogP contribution >= 0.6 is 36.6 Å². The Morgan fingerprint density at radius 3 is 2.95 bits per heavy atom. The number of fused-ring (bicyclic) bond motifs is 1. The van der Waals surface area contributed by atoms with E-state index >= 15 is 0 Å². The number of rotatable bonds is 2. The summed E-state index contributed by atoms with van der Waals surface area (Å²) in [6.45, 7) is 1.82. The van der Waals surface area contributed by atoms with Crippen molar-refractivity contribution < 1.29 is 4.79 Å². The van der Waals surface area contributed by atoms with E-state index in [9.17, 15) is 4.79 Å². The predicted molar refractivity (Wildman–Crippen MR) is 99.8 cm³/mol. The van der Waals surface area contributed by atoms with Gasteiger partial charge in [-0.2, -0.15) is 11.8 Å². The fraction of sp³-hybridized carbons (Fsp3) is 0.533.